The second-order valence-corrected chi connectivity index (χ2v) is 3.18. The third kappa shape index (κ3) is 3.70. The Bertz CT molecular complexity index is 475. The minimum Gasteiger partial charge on any atom is -0.478 e. The number of esters is 1. The lowest BCUT2D eigenvalue weighted by Crippen LogP contribution is -2.19. The van der Waals surface area contributed by atoms with Gasteiger partial charge in [0.2, 0.25) is 0 Å². The topological polar surface area (TPSA) is 57.7 Å². The molecule has 0 saturated carbocycles. The van der Waals surface area contributed by atoms with Gasteiger partial charge in [0, 0.05) is 5.56 Å². The molecule has 5 nitrogen and oxygen atoms in total. The molecule has 19 heavy (non-hydrogen) atoms. The number of nitrogens with zero attached hydrogens (tertiary/aromatic N) is 1. The van der Waals surface area contributed by atoms with Crippen molar-refractivity contribution in [2.75, 3.05) is 14.2 Å². The molecule has 106 valence electrons. The lowest BCUT2D eigenvalue weighted by atomic mass is 10.2. The molecule has 1 rings (SSSR count). The third-order valence-electron chi connectivity index (χ3n) is 1.98. The molecule has 0 N–H and O–H groups in total. The van der Waals surface area contributed by atoms with E-state index in [4.69, 9.17) is 0 Å². The van der Waals surface area contributed by atoms with Crippen molar-refractivity contribution in [2.45, 2.75) is 13.0 Å². The van der Waals surface area contributed by atoms with Crippen molar-refractivity contribution in [1.29, 1.82) is 0 Å². The van der Waals surface area contributed by atoms with Crippen molar-refractivity contribution in [2.24, 2.45) is 0 Å². The number of hydrogen-bond donors (Lipinski definition) is 0. The van der Waals surface area contributed by atoms with Gasteiger partial charge in [-0.25, -0.2) is 14.2 Å². The van der Waals surface area contributed by atoms with Gasteiger partial charge in [0.15, 0.2) is 11.4 Å². The van der Waals surface area contributed by atoms with Gasteiger partial charge in [-0.05, 0) is 6.07 Å². The van der Waals surface area contributed by atoms with Gasteiger partial charge >= 0.3 is 12.3 Å². The van der Waals surface area contributed by atoms with Crippen LogP contribution in [0.2, 0.25) is 0 Å². The fourth-order valence-corrected chi connectivity index (χ4v) is 1.24. The molecule has 0 bridgehead atoms. The van der Waals surface area contributed by atoms with E-state index in [1.54, 1.807) is 0 Å². The summed E-state index contributed by atoms with van der Waals surface area (Å²) in [5.41, 5.74) is -0.872. The summed E-state index contributed by atoms with van der Waals surface area (Å²) in [6, 6.07) is 0.686. The number of rotatable bonds is 4. The Balaban J connectivity index is 3.31. The van der Waals surface area contributed by atoms with Crippen LogP contribution in [0.3, 0.4) is 0 Å². The average molecular weight is 283 g/mol. The Labute approximate surface area is 105 Å². The van der Waals surface area contributed by atoms with Crippen LogP contribution in [0.25, 0.3) is 0 Å². The van der Waals surface area contributed by atoms with E-state index in [2.05, 4.69) is 19.2 Å². The Morgan fingerprint density at radius 2 is 2.00 bits per heavy atom. The smallest absolute Gasteiger partial charge is 0.478 e. The zero-order chi connectivity index (χ0) is 14.6. The van der Waals surface area contributed by atoms with Crippen LogP contribution in [-0.2, 0) is 11.4 Å². The van der Waals surface area contributed by atoms with Crippen molar-refractivity contribution < 1.29 is 36.6 Å². The first-order chi connectivity index (χ1) is 8.82. The van der Waals surface area contributed by atoms with Crippen molar-refractivity contribution in [1.82, 2.24) is 4.98 Å². The van der Waals surface area contributed by atoms with Crippen LogP contribution >= 0.6 is 0 Å². The van der Waals surface area contributed by atoms with Gasteiger partial charge in [0.1, 0.15) is 6.67 Å². The molecule has 0 amide bonds. The van der Waals surface area contributed by atoms with Gasteiger partial charge in [-0.3, -0.25) is 0 Å². The Hall–Kier alpha value is -2.06. The predicted molar refractivity (Wildman–Crippen MR) is 53.6 cm³/mol. The summed E-state index contributed by atoms with van der Waals surface area (Å²) in [6.45, 7) is -1.21. The summed E-state index contributed by atoms with van der Waals surface area (Å²) in [7, 11) is 2.06. The highest BCUT2D eigenvalue weighted by molar-refractivity contribution is 5.89. The molecule has 0 spiro atoms. The van der Waals surface area contributed by atoms with Crippen LogP contribution in [-0.4, -0.2) is 31.5 Å². The molecule has 0 unspecified atom stereocenters. The number of halogens is 4. The molecule has 9 heteroatoms. The summed E-state index contributed by atoms with van der Waals surface area (Å²) in [6.07, 6.45) is -4.99. The van der Waals surface area contributed by atoms with E-state index in [0.717, 1.165) is 14.2 Å². The number of methoxy groups -OCH3 is 2. The number of carbonyl (C=O) groups is 1. The normalized spacial score (nSPS) is 11.1. The molecule has 0 aliphatic heterocycles. The average Bonchev–Trinajstić information content (AvgIpc) is 2.35. The largest absolute Gasteiger partial charge is 0.573 e. The van der Waals surface area contributed by atoms with Crippen LogP contribution in [0.5, 0.6) is 11.6 Å². The van der Waals surface area contributed by atoms with Gasteiger partial charge in [0.25, 0.3) is 5.88 Å². The standard InChI is InChI=1S/C10H9F4NO4/c1-17-8-6(19-10(12,13)14)3-5(4-11)7(15-8)9(16)18-2/h3H,4H2,1-2H3. The van der Waals surface area contributed by atoms with E-state index < -0.39 is 41.9 Å². The molecule has 1 heterocycles. The van der Waals surface area contributed by atoms with Crippen molar-refractivity contribution >= 4 is 5.97 Å². The number of carbonyl (C=O) groups excluding carboxylic acids is 1. The molecule has 0 fully saturated rings. The zero-order valence-corrected chi connectivity index (χ0v) is 9.88. The summed E-state index contributed by atoms with van der Waals surface area (Å²) in [5.74, 6) is -2.44. The molecule has 0 aliphatic carbocycles. The maximum absolute atomic E-state index is 12.7. The van der Waals surface area contributed by atoms with Gasteiger partial charge in [-0.15, -0.1) is 13.2 Å². The minimum atomic E-state index is -4.99. The lowest BCUT2D eigenvalue weighted by Gasteiger charge is -2.14. The van der Waals surface area contributed by atoms with Gasteiger partial charge < -0.3 is 14.2 Å². The Kier molecular flexibility index (Phi) is 4.52. The predicted octanol–water partition coefficient (Wildman–Crippen LogP) is 2.24. The lowest BCUT2D eigenvalue weighted by molar-refractivity contribution is -0.275. The Morgan fingerprint density at radius 1 is 1.37 bits per heavy atom. The minimum absolute atomic E-state index is 0.396. The van der Waals surface area contributed by atoms with E-state index in [-0.39, 0.29) is 0 Å². The fraction of sp³-hybridized carbons (Fsp3) is 0.400. The molecule has 0 atom stereocenters. The van der Waals surface area contributed by atoms with Crippen molar-refractivity contribution in [3.8, 4) is 11.6 Å². The first-order valence-electron chi connectivity index (χ1n) is 4.80. The van der Waals surface area contributed by atoms with E-state index in [1.165, 1.54) is 0 Å². The fourth-order valence-electron chi connectivity index (χ4n) is 1.24. The summed E-state index contributed by atoms with van der Waals surface area (Å²) >= 11 is 0. The SMILES string of the molecule is COC(=O)c1nc(OC)c(OC(F)(F)F)cc1CF. The first-order valence-corrected chi connectivity index (χ1v) is 4.80. The zero-order valence-electron chi connectivity index (χ0n) is 9.88. The van der Waals surface area contributed by atoms with E-state index in [1.807, 2.05) is 0 Å². The van der Waals surface area contributed by atoms with Gasteiger partial charge in [-0.2, -0.15) is 0 Å². The maximum Gasteiger partial charge on any atom is 0.573 e. The number of hydrogen-bond acceptors (Lipinski definition) is 5. The maximum atomic E-state index is 12.7. The molecular formula is C10H9F4NO4. The third-order valence-corrected chi connectivity index (χ3v) is 1.98. The van der Waals surface area contributed by atoms with Gasteiger partial charge in [0.05, 0.1) is 14.2 Å². The van der Waals surface area contributed by atoms with Crippen molar-refractivity contribution in [3.05, 3.63) is 17.3 Å². The molecule has 1 aromatic rings. The van der Waals surface area contributed by atoms with E-state index in [0.29, 0.717) is 6.07 Å². The van der Waals surface area contributed by atoms with Crippen LogP contribution < -0.4 is 9.47 Å². The Morgan fingerprint density at radius 3 is 2.42 bits per heavy atom. The molecule has 0 aliphatic rings. The van der Waals surface area contributed by atoms with Crippen LogP contribution in [0, 0.1) is 0 Å². The van der Waals surface area contributed by atoms with Crippen LogP contribution in [0.4, 0.5) is 17.6 Å². The van der Waals surface area contributed by atoms with Crippen LogP contribution in [0.1, 0.15) is 16.1 Å². The molecule has 1 aromatic heterocycles. The first kappa shape index (κ1) is 15.0. The van der Waals surface area contributed by atoms with E-state index in [9.17, 15) is 22.4 Å². The highest BCUT2D eigenvalue weighted by Gasteiger charge is 2.34. The van der Waals surface area contributed by atoms with Gasteiger partial charge in [-0.1, -0.05) is 0 Å². The highest BCUT2D eigenvalue weighted by atomic mass is 19.4. The number of ether oxygens (including phenoxy) is 3. The quantitative estimate of drug-likeness (QED) is 0.626. The molecular weight excluding hydrogens is 274 g/mol. The number of pyridine rings is 1. The number of alkyl halides is 4. The molecule has 0 aromatic carbocycles. The summed E-state index contributed by atoms with van der Waals surface area (Å²) in [4.78, 5) is 14.7. The van der Waals surface area contributed by atoms with Crippen molar-refractivity contribution in [3.63, 3.8) is 0 Å². The second-order valence-electron chi connectivity index (χ2n) is 3.18. The second kappa shape index (κ2) is 5.72. The molecule has 0 radical (unpaired) electrons. The summed E-state index contributed by atoms with van der Waals surface area (Å²) in [5, 5.41) is 0. The highest BCUT2D eigenvalue weighted by Crippen LogP contribution is 2.32. The number of aromatic nitrogens is 1. The summed E-state index contributed by atoms with van der Waals surface area (Å²) < 4.78 is 61.6. The monoisotopic (exact) mass is 283 g/mol. The van der Waals surface area contributed by atoms with Crippen LogP contribution in [0.15, 0.2) is 6.07 Å². The molecule has 0 saturated heterocycles. The van der Waals surface area contributed by atoms with E-state index >= 15 is 0 Å².